The highest BCUT2D eigenvalue weighted by Crippen LogP contribution is 2.23. The quantitative estimate of drug-likeness (QED) is 0.265. The maximum absolute atomic E-state index is 12.3. The van der Waals surface area contributed by atoms with Gasteiger partial charge in [0.15, 0.2) is 0 Å². The minimum absolute atomic E-state index is 0.137. The Kier molecular flexibility index (Phi) is 17.3. The van der Waals surface area contributed by atoms with Crippen LogP contribution < -0.4 is 20.3 Å². The van der Waals surface area contributed by atoms with Gasteiger partial charge in [-0.05, 0) is 69.5 Å². The van der Waals surface area contributed by atoms with Crippen molar-refractivity contribution in [2.24, 2.45) is 5.92 Å². The standard InChI is InChI=1S/C20H28N4O2.C8H15NO.C6H12/c1-6-24(5)19-11-17(22-15(4)23-19)12-21-20(25)16-7-9-18(10-8-16)26-13-14(2)3;1-10-6-5-9-7-8-3-2-4-8;1-2-4-6-5-3-1/h7-11,14H,6,12-13H2,1-5H3,(H,21,25);7,9H,2-6H2,1H3;1-6H2. The first-order valence-electron chi connectivity index (χ1n) is 15.8. The highest BCUT2D eigenvalue weighted by molar-refractivity contribution is 5.94. The van der Waals surface area contributed by atoms with E-state index in [9.17, 15) is 4.79 Å². The van der Waals surface area contributed by atoms with Crippen LogP contribution in [-0.4, -0.2) is 56.3 Å². The largest absolute Gasteiger partial charge is 0.493 e. The number of allylic oxidation sites excluding steroid dienone is 1. The third kappa shape index (κ3) is 14.7. The van der Waals surface area contributed by atoms with Crippen molar-refractivity contribution in [2.45, 2.75) is 92.0 Å². The number of aryl methyl sites for hydroxylation is 1. The van der Waals surface area contributed by atoms with Crippen molar-refractivity contribution in [1.29, 1.82) is 0 Å². The van der Waals surface area contributed by atoms with Crippen LogP contribution >= 0.6 is 0 Å². The monoisotopic (exact) mass is 581 g/mol. The second-order valence-corrected chi connectivity index (χ2v) is 11.4. The number of hydrogen-bond donors (Lipinski definition) is 2. The van der Waals surface area contributed by atoms with Crippen molar-refractivity contribution in [3.05, 3.63) is 59.2 Å². The number of nitrogens with zero attached hydrogens (tertiary/aromatic N) is 3. The molecule has 0 aliphatic heterocycles. The van der Waals surface area contributed by atoms with Crippen LogP contribution in [0.25, 0.3) is 0 Å². The third-order valence-corrected chi connectivity index (χ3v) is 7.13. The molecule has 2 aromatic rings. The summed E-state index contributed by atoms with van der Waals surface area (Å²) >= 11 is 0. The Labute approximate surface area is 254 Å². The lowest BCUT2D eigenvalue weighted by Gasteiger charge is -2.17. The zero-order valence-corrected chi connectivity index (χ0v) is 27.0. The zero-order valence-electron chi connectivity index (χ0n) is 27.0. The van der Waals surface area contributed by atoms with Crippen molar-refractivity contribution in [3.8, 4) is 5.75 Å². The molecule has 0 unspecified atom stereocenters. The first-order valence-corrected chi connectivity index (χ1v) is 15.8. The molecule has 1 aromatic carbocycles. The Bertz CT molecular complexity index is 1030. The Morgan fingerprint density at radius 2 is 1.67 bits per heavy atom. The number of nitrogens with one attached hydrogen (secondary N) is 2. The van der Waals surface area contributed by atoms with Gasteiger partial charge >= 0.3 is 0 Å². The maximum Gasteiger partial charge on any atom is 0.251 e. The zero-order chi connectivity index (χ0) is 30.6. The van der Waals surface area contributed by atoms with E-state index >= 15 is 0 Å². The molecule has 0 spiro atoms. The first kappa shape index (κ1) is 35.1. The van der Waals surface area contributed by atoms with Crippen molar-refractivity contribution in [2.75, 3.05) is 45.4 Å². The Morgan fingerprint density at radius 1 is 1.02 bits per heavy atom. The molecule has 1 amide bonds. The van der Waals surface area contributed by atoms with Crippen molar-refractivity contribution in [3.63, 3.8) is 0 Å². The van der Waals surface area contributed by atoms with Crippen LogP contribution in [0.5, 0.6) is 5.75 Å². The van der Waals surface area contributed by atoms with Crippen LogP contribution in [0, 0.1) is 12.8 Å². The van der Waals surface area contributed by atoms with Gasteiger partial charge in [0.1, 0.15) is 17.4 Å². The van der Waals surface area contributed by atoms with Crippen molar-refractivity contribution in [1.82, 2.24) is 20.6 Å². The lowest BCUT2D eigenvalue weighted by molar-refractivity contribution is 0.0950. The molecule has 4 rings (SSSR count). The summed E-state index contributed by atoms with van der Waals surface area (Å²) in [4.78, 5) is 23.2. The van der Waals surface area contributed by atoms with E-state index in [0.29, 0.717) is 30.5 Å². The summed E-state index contributed by atoms with van der Waals surface area (Å²) in [5.74, 6) is 2.65. The maximum atomic E-state index is 12.3. The molecule has 0 atom stereocenters. The molecule has 2 saturated carbocycles. The van der Waals surface area contributed by atoms with Gasteiger partial charge in [0.05, 0.1) is 25.5 Å². The highest BCUT2D eigenvalue weighted by atomic mass is 16.5. The van der Waals surface area contributed by atoms with E-state index in [1.54, 1.807) is 24.8 Å². The topological polar surface area (TPSA) is 88.6 Å². The van der Waals surface area contributed by atoms with Gasteiger partial charge in [-0.3, -0.25) is 4.79 Å². The fourth-order valence-electron chi connectivity index (χ4n) is 4.26. The molecule has 0 bridgehead atoms. The summed E-state index contributed by atoms with van der Waals surface area (Å²) in [5.41, 5.74) is 2.94. The van der Waals surface area contributed by atoms with Gasteiger partial charge < -0.3 is 25.0 Å². The minimum Gasteiger partial charge on any atom is -0.493 e. The number of methoxy groups -OCH3 is 1. The number of aromatic nitrogens is 2. The van der Waals surface area contributed by atoms with E-state index in [-0.39, 0.29) is 5.91 Å². The van der Waals surface area contributed by atoms with Crippen LogP contribution in [0.1, 0.15) is 100 Å². The van der Waals surface area contributed by atoms with E-state index < -0.39 is 0 Å². The average Bonchev–Trinajstić information content (AvgIpc) is 2.99. The number of anilines is 1. The van der Waals surface area contributed by atoms with Crippen LogP contribution in [0.3, 0.4) is 0 Å². The summed E-state index contributed by atoms with van der Waals surface area (Å²) < 4.78 is 10.5. The lowest BCUT2D eigenvalue weighted by atomic mass is 9.94. The van der Waals surface area contributed by atoms with E-state index in [2.05, 4.69) is 47.6 Å². The second-order valence-electron chi connectivity index (χ2n) is 11.4. The number of ether oxygens (including phenoxy) is 2. The van der Waals surface area contributed by atoms with Gasteiger partial charge in [-0.2, -0.15) is 0 Å². The molecule has 2 aliphatic carbocycles. The molecule has 8 heteroatoms. The molecule has 2 aliphatic rings. The fourth-order valence-corrected chi connectivity index (χ4v) is 4.26. The van der Waals surface area contributed by atoms with Gasteiger partial charge in [-0.1, -0.05) is 57.9 Å². The SMILES string of the molecule is C1CCCCC1.CCN(C)c1cc(CNC(=O)c2ccc(OCC(C)C)cc2)nc(C)n1.COCCNC=C1CCC1. The Balaban J connectivity index is 0.000000311. The van der Waals surface area contributed by atoms with Gasteiger partial charge in [-0.15, -0.1) is 0 Å². The Morgan fingerprint density at radius 3 is 2.19 bits per heavy atom. The molecule has 42 heavy (non-hydrogen) atoms. The summed E-state index contributed by atoms with van der Waals surface area (Å²) in [6, 6.07) is 9.08. The third-order valence-electron chi connectivity index (χ3n) is 7.13. The summed E-state index contributed by atoms with van der Waals surface area (Å²) in [6.07, 6.45) is 15.1. The van der Waals surface area contributed by atoms with E-state index in [1.807, 2.05) is 37.1 Å². The predicted octanol–water partition coefficient (Wildman–Crippen LogP) is 6.84. The van der Waals surface area contributed by atoms with Gasteiger partial charge in [0.2, 0.25) is 0 Å². The number of benzene rings is 1. The molecule has 1 aromatic heterocycles. The summed E-state index contributed by atoms with van der Waals surface area (Å²) in [6.45, 7) is 11.7. The number of carbonyl (C=O) groups is 1. The number of carbonyl (C=O) groups excluding carboxylic acids is 1. The second kappa shape index (κ2) is 20.7. The molecular weight excluding hydrogens is 526 g/mol. The van der Waals surface area contributed by atoms with E-state index in [1.165, 1.54) is 57.8 Å². The minimum atomic E-state index is -0.137. The van der Waals surface area contributed by atoms with Crippen LogP contribution in [-0.2, 0) is 11.3 Å². The normalized spacial score (nSPS) is 13.9. The average molecular weight is 582 g/mol. The number of hydrogen-bond acceptors (Lipinski definition) is 7. The molecule has 2 fully saturated rings. The number of amides is 1. The molecule has 0 radical (unpaired) electrons. The van der Waals surface area contributed by atoms with E-state index in [0.717, 1.165) is 37.0 Å². The smallest absolute Gasteiger partial charge is 0.251 e. The first-order chi connectivity index (χ1) is 20.3. The van der Waals surface area contributed by atoms with Crippen LogP contribution in [0.4, 0.5) is 5.82 Å². The lowest BCUT2D eigenvalue weighted by Crippen LogP contribution is -2.24. The molecule has 234 valence electrons. The fraction of sp³-hybridized carbons (Fsp3) is 0.618. The van der Waals surface area contributed by atoms with Gasteiger partial charge in [0.25, 0.3) is 5.91 Å². The van der Waals surface area contributed by atoms with Crippen LogP contribution in [0.2, 0.25) is 0 Å². The number of rotatable bonds is 12. The van der Waals surface area contributed by atoms with Gasteiger partial charge in [-0.25, -0.2) is 9.97 Å². The van der Waals surface area contributed by atoms with Crippen molar-refractivity contribution < 1.29 is 14.3 Å². The Hall–Kier alpha value is -3.13. The molecule has 2 N–H and O–H groups in total. The summed E-state index contributed by atoms with van der Waals surface area (Å²) in [5, 5.41) is 6.11. The van der Waals surface area contributed by atoms with E-state index in [4.69, 9.17) is 9.47 Å². The molecule has 1 heterocycles. The highest BCUT2D eigenvalue weighted by Gasteiger charge is 2.09. The molecular formula is C34H55N5O3. The summed E-state index contributed by atoms with van der Waals surface area (Å²) in [7, 11) is 3.70. The van der Waals surface area contributed by atoms with Gasteiger partial charge in [0, 0.05) is 38.9 Å². The predicted molar refractivity (Wildman–Crippen MR) is 173 cm³/mol. The van der Waals surface area contributed by atoms with Crippen molar-refractivity contribution >= 4 is 11.7 Å². The molecule has 8 nitrogen and oxygen atoms in total. The van der Waals surface area contributed by atoms with Crippen LogP contribution in [0.15, 0.2) is 42.1 Å². The molecule has 0 saturated heterocycles.